The molecule has 7 nitrogen and oxygen atoms in total. The topological polar surface area (TPSA) is 101 Å². The van der Waals surface area contributed by atoms with Crippen molar-refractivity contribution < 1.29 is 22.8 Å². The summed E-state index contributed by atoms with van der Waals surface area (Å²) >= 11 is 1.42. The van der Waals surface area contributed by atoms with Crippen molar-refractivity contribution >= 4 is 38.8 Å². The number of aryl methyl sites for hydroxylation is 1. The Morgan fingerprint density at radius 1 is 0.939 bits per heavy atom. The van der Waals surface area contributed by atoms with Crippen molar-refractivity contribution in [2.45, 2.75) is 64.3 Å². The Bertz CT molecular complexity index is 1070. The van der Waals surface area contributed by atoms with E-state index in [1.165, 1.54) is 15.6 Å². The van der Waals surface area contributed by atoms with Crippen molar-refractivity contribution in [1.82, 2.24) is 9.62 Å². The number of carbonyl (C=O) groups is 3. The van der Waals surface area contributed by atoms with Crippen LogP contribution in [0.1, 0.15) is 72.6 Å². The lowest BCUT2D eigenvalue weighted by Crippen LogP contribution is -2.30. The minimum absolute atomic E-state index is 0.0455. The molecule has 0 saturated heterocycles. The molecule has 0 radical (unpaired) electrons. The molecule has 33 heavy (non-hydrogen) atoms. The number of thiophene rings is 1. The molecule has 2 aromatic rings. The van der Waals surface area contributed by atoms with Crippen LogP contribution in [-0.4, -0.2) is 43.3 Å². The summed E-state index contributed by atoms with van der Waals surface area (Å²) in [6.45, 7) is 8.10. The van der Waals surface area contributed by atoms with Gasteiger partial charge in [-0.3, -0.25) is 14.4 Å². The molecular weight excluding hydrogens is 460 g/mol. The summed E-state index contributed by atoms with van der Waals surface area (Å²) in [5.74, 6) is -0.438. The van der Waals surface area contributed by atoms with Gasteiger partial charge in [-0.05, 0) is 43.7 Å². The van der Waals surface area contributed by atoms with Gasteiger partial charge in [-0.15, -0.1) is 11.3 Å². The maximum Gasteiger partial charge on any atom is 0.243 e. The number of hydrogen-bond acceptors (Lipinski definition) is 6. The van der Waals surface area contributed by atoms with Gasteiger partial charge in [-0.2, -0.15) is 4.31 Å². The van der Waals surface area contributed by atoms with Gasteiger partial charge >= 0.3 is 0 Å². The lowest BCUT2D eigenvalue weighted by Gasteiger charge is -2.19. The summed E-state index contributed by atoms with van der Waals surface area (Å²) in [6, 6.07) is 9.77. The number of rotatable bonds is 13. The summed E-state index contributed by atoms with van der Waals surface area (Å²) in [6.07, 6.45) is 0.404. The molecule has 9 heteroatoms. The van der Waals surface area contributed by atoms with Gasteiger partial charge in [0, 0.05) is 43.6 Å². The first-order valence-corrected chi connectivity index (χ1v) is 13.3. The normalized spacial score (nSPS) is 12.5. The van der Waals surface area contributed by atoms with Crippen LogP contribution in [0.15, 0.2) is 41.3 Å². The van der Waals surface area contributed by atoms with Crippen LogP contribution < -0.4 is 5.32 Å². The van der Waals surface area contributed by atoms with Gasteiger partial charge in [0.2, 0.25) is 15.9 Å². The second kappa shape index (κ2) is 12.2. The van der Waals surface area contributed by atoms with Gasteiger partial charge < -0.3 is 5.32 Å². The van der Waals surface area contributed by atoms with Crippen molar-refractivity contribution in [3.05, 3.63) is 51.7 Å². The van der Waals surface area contributed by atoms with E-state index in [0.717, 1.165) is 10.4 Å². The van der Waals surface area contributed by atoms with Crippen LogP contribution in [0.2, 0.25) is 0 Å². The number of benzene rings is 1. The Morgan fingerprint density at radius 2 is 1.55 bits per heavy atom. The zero-order chi connectivity index (χ0) is 24.6. The summed E-state index contributed by atoms with van der Waals surface area (Å²) < 4.78 is 26.6. The van der Waals surface area contributed by atoms with Gasteiger partial charge in [-0.1, -0.05) is 26.0 Å². The smallest absolute Gasteiger partial charge is 0.243 e. The number of carbonyl (C=O) groups excluding carboxylic acids is 3. The summed E-state index contributed by atoms with van der Waals surface area (Å²) in [5, 5.41) is 2.83. The Labute approximate surface area is 200 Å². The van der Waals surface area contributed by atoms with E-state index in [1.807, 2.05) is 13.0 Å². The maximum absolute atomic E-state index is 12.6. The van der Waals surface area contributed by atoms with E-state index < -0.39 is 10.0 Å². The quantitative estimate of drug-likeness (QED) is 0.421. The van der Waals surface area contributed by atoms with E-state index in [2.05, 4.69) is 5.32 Å². The largest absolute Gasteiger partial charge is 0.350 e. The molecule has 1 atom stereocenters. The first kappa shape index (κ1) is 26.9. The molecule has 0 saturated carbocycles. The molecule has 1 aromatic heterocycles. The average molecular weight is 493 g/mol. The van der Waals surface area contributed by atoms with E-state index in [-0.39, 0.29) is 54.1 Å². The SMILES string of the molecule is CCN(CC)S(=O)(=O)c1ccc(C(C)NC(=O)CCC(=O)CCC(=O)c2ccc(C)s2)cc1. The highest BCUT2D eigenvalue weighted by Gasteiger charge is 2.22. The molecule has 0 aliphatic carbocycles. The monoisotopic (exact) mass is 492 g/mol. The molecule has 1 unspecified atom stereocenters. The molecule has 1 aromatic carbocycles. The van der Waals surface area contributed by atoms with Gasteiger partial charge in [0.25, 0.3) is 0 Å². The van der Waals surface area contributed by atoms with Crippen LogP contribution in [0.3, 0.4) is 0 Å². The predicted octanol–water partition coefficient (Wildman–Crippen LogP) is 4.28. The van der Waals surface area contributed by atoms with Crippen molar-refractivity contribution in [1.29, 1.82) is 0 Å². The predicted molar refractivity (Wildman–Crippen MR) is 130 cm³/mol. The van der Waals surface area contributed by atoms with Crippen LogP contribution in [0.4, 0.5) is 0 Å². The number of Topliss-reactive ketones (excluding diaryl/α,β-unsaturated/α-hetero) is 2. The molecule has 0 aliphatic heterocycles. The highest BCUT2D eigenvalue weighted by molar-refractivity contribution is 7.89. The molecule has 1 amide bonds. The number of nitrogens with one attached hydrogen (secondary N) is 1. The summed E-state index contributed by atoms with van der Waals surface area (Å²) in [5.41, 5.74) is 0.769. The van der Waals surface area contributed by atoms with Crippen LogP contribution in [0, 0.1) is 6.92 Å². The highest BCUT2D eigenvalue weighted by Crippen LogP contribution is 2.20. The van der Waals surface area contributed by atoms with Gasteiger partial charge in [0.05, 0.1) is 15.8 Å². The molecule has 2 rings (SSSR count). The first-order chi connectivity index (χ1) is 15.6. The molecule has 0 bridgehead atoms. The Kier molecular flexibility index (Phi) is 9.94. The Hall–Kier alpha value is -2.36. The van der Waals surface area contributed by atoms with Crippen LogP contribution in [0.5, 0.6) is 0 Å². The minimum Gasteiger partial charge on any atom is -0.350 e. The molecular formula is C24H32N2O5S2. The van der Waals surface area contributed by atoms with Crippen molar-refractivity contribution in [3.8, 4) is 0 Å². The number of sulfonamides is 1. The molecule has 0 fully saturated rings. The van der Waals surface area contributed by atoms with Crippen LogP contribution in [-0.2, 0) is 19.6 Å². The fourth-order valence-electron chi connectivity index (χ4n) is 3.38. The van der Waals surface area contributed by atoms with E-state index in [0.29, 0.717) is 18.0 Å². The standard InChI is InChI=1S/C24H32N2O5S2/c1-5-26(6-2)33(30,31)21-12-8-19(9-13-21)18(4)25-24(29)16-11-20(27)10-14-22(28)23-15-7-17(3)32-23/h7-9,12-13,15,18H,5-6,10-11,14,16H2,1-4H3,(H,25,29). The van der Waals surface area contributed by atoms with Crippen LogP contribution in [0.25, 0.3) is 0 Å². The lowest BCUT2D eigenvalue weighted by atomic mass is 10.1. The van der Waals surface area contributed by atoms with Gasteiger partial charge in [-0.25, -0.2) is 8.42 Å². The first-order valence-electron chi connectivity index (χ1n) is 11.1. The molecule has 0 spiro atoms. The average Bonchev–Trinajstić information content (AvgIpc) is 3.23. The zero-order valence-electron chi connectivity index (χ0n) is 19.6. The zero-order valence-corrected chi connectivity index (χ0v) is 21.2. The number of amides is 1. The third-order valence-corrected chi connectivity index (χ3v) is 8.48. The second-order valence-corrected chi connectivity index (χ2v) is 11.0. The van der Waals surface area contributed by atoms with Crippen molar-refractivity contribution in [2.24, 2.45) is 0 Å². The Balaban J connectivity index is 1.81. The minimum atomic E-state index is -3.53. The van der Waals surface area contributed by atoms with Crippen molar-refractivity contribution in [3.63, 3.8) is 0 Å². The highest BCUT2D eigenvalue weighted by atomic mass is 32.2. The fourth-order valence-corrected chi connectivity index (χ4v) is 5.67. The molecule has 1 N–H and O–H groups in total. The van der Waals surface area contributed by atoms with Crippen LogP contribution >= 0.6 is 11.3 Å². The third kappa shape index (κ3) is 7.58. The van der Waals surface area contributed by atoms with E-state index in [4.69, 9.17) is 0 Å². The molecule has 1 heterocycles. The lowest BCUT2D eigenvalue weighted by molar-refractivity contribution is -0.125. The summed E-state index contributed by atoms with van der Waals surface area (Å²) in [4.78, 5) is 38.4. The van der Waals surface area contributed by atoms with E-state index in [1.54, 1.807) is 51.1 Å². The van der Waals surface area contributed by atoms with Gasteiger partial charge in [0.15, 0.2) is 5.78 Å². The fraction of sp³-hybridized carbons (Fsp3) is 0.458. The third-order valence-electron chi connectivity index (χ3n) is 5.38. The summed E-state index contributed by atoms with van der Waals surface area (Å²) in [7, 11) is -3.53. The van der Waals surface area contributed by atoms with Crippen molar-refractivity contribution in [2.75, 3.05) is 13.1 Å². The number of nitrogens with zero attached hydrogens (tertiary/aromatic N) is 1. The second-order valence-electron chi connectivity index (χ2n) is 7.82. The molecule has 0 aliphatic rings. The van der Waals surface area contributed by atoms with E-state index in [9.17, 15) is 22.8 Å². The number of ketones is 2. The number of hydrogen-bond donors (Lipinski definition) is 1. The molecule has 180 valence electrons. The van der Waals surface area contributed by atoms with E-state index >= 15 is 0 Å². The Morgan fingerprint density at radius 3 is 2.09 bits per heavy atom. The maximum atomic E-state index is 12.6. The van der Waals surface area contributed by atoms with Gasteiger partial charge in [0.1, 0.15) is 5.78 Å².